The van der Waals surface area contributed by atoms with Crippen molar-refractivity contribution in [2.45, 2.75) is 19.0 Å². The van der Waals surface area contributed by atoms with E-state index < -0.39 is 0 Å². The molecule has 5 aromatic rings. The number of amides is 1. The summed E-state index contributed by atoms with van der Waals surface area (Å²) in [6.45, 7) is 4.14. The molecule has 9 heteroatoms. The van der Waals surface area contributed by atoms with E-state index in [1.165, 1.54) is 23.1 Å². The van der Waals surface area contributed by atoms with Crippen molar-refractivity contribution in [1.29, 1.82) is 0 Å². The molecule has 30 heavy (non-hydrogen) atoms. The molecule has 0 aliphatic carbocycles. The number of rotatable bonds is 4. The van der Waals surface area contributed by atoms with Gasteiger partial charge in [-0.25, -0.2) is 4.98 Å². The van der Waals surface area contributed by atoms with Crippen LogP contribution in [0.1, 0.15) is 11.1 Å². The van der Waals surface area contributed by atoms with Gasteiger partial charge >= 0.3 is 0 Å². The fourth-order valence-electron chi connectivity index (χ4n) is 3.46. The van der Waals surface area contributed by atoms with E-state index in [-0.39, 0.29) is 11.7 Å². The van der Waals surface area contributed by atoms with Crippen molar-refractivity contribution in [1.82, 2.24) is 19.6 Å². The lowest BCUT2D eigenvalue weighted by atomic mass is 10.1. The molecule has 3 heterocycles. The van der Waals surface area contributed by atoms with E-state index in [0.717, 1.165) is 37.9 Å². The molecule has 3 aromatic heterocycles. The Morgan fingerprint density at radius 3 is 2.90 bits per heavy atom. The van der Waals surface area contributed by atoms with Crippen LogP contribution in [0.25, 0.3) is 26.8 Å². The Labute approximate surface area is 185 Å². The van der Waals surface area contributed by atoms with E-state index in [1.54, 1.807) is 6.07 Å². The van der Waals surface area contributed by atoms with Crippen molar-refractivity contribution in [3.05, 3.63) is 58.6 Å². The molecule has 0 fully saturated rings. The van der Waals surface area contributed by atoms with Crippen LogP contribution in [-0.4, -0.2) is 31.2 Å². The highest BCUT2D eigenvalue weighted by molar-refractivity contribution is 7.99. The molecule has 0 spiro atoms. The highest BCUT2D eigenvalue weighted by atomic mass is 35.5. The monoisotopic (exact) mass is 453 g/mol. The van der Waals surface area contributed by atoms with E-state index >= 15 is 0 Å². The maximum atomic E-state index is 12.5. The minimum atomic E-state index is -0.143. The van der Waals surface area contributed by atoms with Gasteiger partial charge in [-0.1, -0.05) is 52.9 Å². The van der Waals surface area contributed by atoms with Gasteiger partial charge in [-0.3, -0.25) is 9.20 Å². The van der Waals surface area contributed by atoms with Crippen LogP contribution in [-0.2, 0) is 4.79 Å². The number of halogens is 1. The van der Waals surface area contributed by atoms with Gasteiger partial charge in [-0.2, -0.15) is 0 Å². The number of nitrogens with one attached hydrogen (secondary N) is 1. The Balaban J connectivity index is 1.40. The quantitative estimate of drug-likeness (QED) is 0.364. The van der Waals surface area contributed by atoms with E-state index in [4.69, 9.17) is 11.6 Å². The van der Waals surface area contributed by atoms with Gasteiger partial charge in [0.25, 0.3) is 0 Å². The van der Waals surface area contributed by atoms with Gasteiger partial charge in [0, 0.05) is 10.4 Å². The second kappa shape index (κ2) is 7.54. The molecule has 150 valence electrons. The Kier molecular flexibility index (Phi) is 4.85. The standard InChI is InChI=1S/C21H16ClN5OS2/c1-11-4-3-5-14-12(2)8-17-25-26-21(27(17)19(11)14)29-10-18(28)24-20-23-15-7-6-13(22)9-16(15)30-20/h3-9H,10H2,1-2H3,(H,23,24,28). The maximum Gasteiger partial charge on any atom is 0.236 e. The molecule has 5 rings (SSSR count). The Hall–Kier alpha value is -2.68. The predicted molar refractivity (Wildman–Crippen MR) is 124 cm³/mol. The first-order valence-corrected chi connectivity index (χ1v) is 11.4. The SMILES string of the molecule is Cc1cc2nnc(SCC(=O)Nc3nc4ccc(Cl)cc4s3)n2c2c(C)cccc12. The van der Waals surface area contributed by atoms with Crippen molar-refractivity contribution in [2.24, 2.45) is 0 Å². The third-order valence-electron chi connectivity index (χ3n) is 4.82. The Bertz CT molecular complexity index is 1440. The summed E-state index contributed by atoms with van der Waals surface area (Å²) in [5, 5.41) is 14.5. The van der Waals surface area contributed by atoms with Gasteiger partial charge in [-0.05, 0) is 49.2 Å². The third-order valence-corrected chi connectivity index (χ3v) is 6.92. The van der Waals surface area contributed by atoms with Crippen molar-refractivity contribution in [2.75, 3.05) is 11.1 Å². The Morgan fingerprint density at radius 2 is 2.03 bits per heavy atom. The highest BCUT2D eigenvalue weighted by Crippen LogP contribution is 2.30. The molecular weight excluding hydrogens is 438 g/mol. The molecule has 0 saturated carbocycles. The molecule has 0 bridgehead atoms. The van der Waals surface area contributed by atoms with Gasteiger partial charge in [0.1, 0.15) is 0 Å². The molecule has 1 N–H and O–H groups in total. The zero-order valence-corrected chi connectivity index (χ0v) is 18.5. The first-order valence-electron chi connectivity index (χ1n) is 9.22. The lowest BCUT2D eigenvalue weighted by molar-refractivity contribution is -0.113. The topological polar surface area (TPSA) is 72.2 Å². The van der Waals surface area contributed by atoms with Crippen LogP contribution in [0.2, 0.25) is 5.02 Å². The summed E-state index contributed by atoms with van der Waals surface area (Å²) in [6.07, 6.45) is 0. The summed E-state index contributed by atoms with van der Waals surface area (Å²) in [7, 11) is 0. The smallest absolute Gasteiger partial charge is 0.236 e. The van der Waals surface area contributed by atoms with Gasteiger partial charge in [0.15, 0.2) is 15.9 Å². The molecule has 0 saturated heterocycles. The molecular formula is C21H16ClN5OS2. The molecule has 6 nitrogen and oxygen atoms in total. The second-order valence-corrected chi connectivity index (χ2v) is 9.35. The predicted octanol–water partition coefficient (Wildman–Crippen LogP) is 5.49. The molecule has 0 atom stereocenters. The van der Waals surface area contributed by atoms with Crippen LogP contribution in [0.4, 0.5) is 5.13 Å². The number of carbonyl (C=O) groups is 1. The lowest BCUT2D eigenvalue weighted by Gasteiger charge is -2.09. The third kappa shape index (κ3) is 3.40. The number of carbonyl (C=O) groups excluding carboxylic acids is 1. The van der Waals surface area contributed by atoms with Crippen molar-refractivity contribution in [3.63, 3.8) is 0 Å². The second-order valence-electron chi connectivity index (χ2n) is 6.94. The van der Waals surface area contributed by atoms with Crippen LogP contribution >= 0.6 is 34.7 Å². The minimum absolute atomic E-state index is 0.143. The summed E-state index contributed by atoms with van der Waals surface area (Å²) in [6, 6.07) is 13.7. The number of aromatic nitrogens is 4. The first-order chi connectivity index (χ1) is 14.5. The van der Waals surface area contributed by atoms with Gasteiger partial charge in [0.2, 0.25) is 5.91 Å². The zero-order chi connectivity index (χ0) is 20.8. The van der Waals surface area contributed by atoms with E-state index in [1.807, 2.05) is 28.7 Å². The highest BCUT2D eigenvalue weighted by Gasteiger charge is 2.15. The number of para-hydroxylation sites is 1. The van der Waals surface area contributed by atoms with Gasteiger partial charge < -0.3 is 5.32 Å². The summed E-state index contributed by atoms with van der Waals surface area (Å²) < 4.78 is 2.96. The van der Waals surface area contributed by atoms with Gasteiger partial charge in [0.05, 0.1) is 21.5 Å². The van der Waals surface area contributed by atoms with E-state index in [0.29, 0.717) is 15.3 Å². The maximum absolute atomic E-state index is 12.5. The molecule has 2 aromatic carbocycles. The lowest BCUT2D eigenvalue weighted by Crippen LogP contribution is -2.14. The van der Waals surface area contributed by atoms with Crippen LogP contribution < -0.4 is 5.32 Å². The molecule has 0 aliphatic heterocycles. The average molecular weight is 454 g/mol. The van der Waals surface area contributed by atoms with Crippen molar-refractivity contribution < 1.29 is 4.79 Å². The molecule has 1 amide bonds. The number of nitrogens with zero attached hydrogens (tertiary/aromatic N) is 4. The summed E-state index contributed by atoms with van der Waals surface area (Å²) in [4.78, 5) is 17.0. The molecule has 0 unspecified atom stereocenters. The average Bonchev–Trinajstić information content (AvgIpc) is 3.29. The summed E-state index contributed by atoms with van der Waals surface area (Å²) in [5.74, 6) is 0.0636. The fourth-order valence-corrected chi connectivity index (χ4v) is 5.36. The van der Waals surface area contributed by atoms with Crippen LogP contribution in [0, 0.1) is 13.8 Å². The normalized spacial score (nSPS) is 11.6. The van der Waals surface area contributed by atoms with Crippen molar-refractivity contribution >= 4 is 72.5 Å². The fraction of sp³-hybridized carbons (Fsp3) is 0.143. The summed E-state index contributed by atoms with van der Waals surface area (Å²) in [5.41, 5.74) is 4.95. The number of fused-ring (bicyclic) bond motifs is 4. The number of pyridine rings is 1. The first kappa shape index (κ1) is 19.3. The number of thioether (sulfide) groups is 1. The molecule has 0 aliphatic rings. The minimum Gasteiger partial charge on any atom is -0.301 e. The zero-order valence-electron chi connectivity index (χ0n) is 16.1. The van der Waals surface area contributed by atoms with Gasteiger partial charge in [-0.15, -0.1) is 10.2 Å². The van der Waals surface area contributed by atoms with Crippen molar-refractivity contribution in [3.8, 4) is 0 Å². The number of anilines is 1. The van der Waals surface area contributed by atoms with E-state index in [2.05, 4.69) is 46.5 Å². The number of hydrogen-bond acceptors (Lipinski definition) is 6. The van der Waals surface area contributed by atoms with Crippen LogP contribution in [0.3, 0.4) is 0 Å². The number of hydrogen-bond donors (Lipinski definition) is 1. The van der Waals surface area contributed by atoms with Crippen LogP contribution in [0.15, 0.2) is 47.6 Å². The number of thiazole rings is 1. The summed E-state index contributed by atoms with van der Waals surface area (Å²) >= 11 is 8.78. The van der Waals surface area contributed by atoms with E-state index in [9.17, 15) is 4.79 Å². The molecule has 0 radical (unpaired) electrons. The van der Waals surface area contributed by atoms with Crippen LogP contribution in [0.5, 0.6) is 0 Å². The number of aryl methyl sites for hydroxylation is 2. The number of benzene rings is 2. The largest absolute Gasteiger partial charge is 0.301 e. The Morgan fingerprint density at radius 1 is 1.17 bits per heavy atom.